The van der Waals surface area contributed by atoms with Gasteiger partial charge in [0.05, 0.1) is 11.0 Å². The molecule has 1 aliphatic heterocycles. The topological polar surface area (TPSA) is 75.5 Å². The number of hydrogen-bond acceptors (Lipinski definition) is 4. The van der Waals surface area contributed by atoms with Gasteiger partial charge in [-0.3, -0.25) is 14.9 Å². The lowest BCUT2D eigenvalue weighted by Crippen LogP contribution is -2.48. The summed E-state index contributed by atoms with van der Waals surface area (Å²) in [7, 11) is 0. The standard InChI is InChI=1S/C14H18FN3O3/c1-2-17(11-4-3-7-16-9-11)14(19)12-6-5-10(15)8-13(12)18(20)21/h5-6,8,11,16H,2-4,7,9H2,1H3. The van der Waals surface area contributed by atoms with Crippen molar-refractivity contribution in [2.24, 2.45) is 0 Å². The van der Waals surface area contributed by atoms with Crippen LogP contribution in [0.3, 0.4) is 0 Å². The van der Waals surface area contributed by atoms with Gasteiger partial charge in [0, 0.05) is 19.1 Å². The zero-order valence-electron chi connectivity index (χ0n) is 11.8. The molecule has 0 aromatic heterocycles. The first-order chi connectivity index (χ1) is 10.0. The van der Waals surface area contributed by atoms with Gasteiger partial charge in [0.2, 0.25) is 0 Å². The van der Waals surface area contributed by atoms with Crippen LogP contribution >= 0.6 is 0 Å². The van der Waals surface area contributed by atoms with Crippen molar-refractivity contribution in [2.75, 3.05) is 19.6 Å². The quantitative estimate of drug-likeness (QED) is 0.680. The molecule has 0 bridgehead atoms. The van der Waals surface area contributed by atoms with Crippen LogP contribution in [0, 0.1) is 15.9 Å². The number of carbonyl (C=O) groups is 1. The molecule has 1 N–H and O–H groups in total. The van der Waals surface area contributed by atoms with Gasteiger partial charge in [0.25, 0.3) is 11.6 Å². The van der Waals surface area contributed by atoms with Crippen LogP contribution in [-0.2, 0) is 0 Å². The van der Waals surface area contributed by atoms with Crippen molar-refractivity contribution in [3.63, 3.8) is 0 Å². The molecule has 0 radical (unpaired) electrons. The fourth-order valence-corrected chi connectivity index (χ4v) is 2.66. The number of amides is 1. The van der Waals surface area contributed by atoms with E-state index in [9.17, 15) is 19.3 Å². The van der Waals surface area contributed by atoms with Crippen LogP contribution in [0.4, 0.5) is 10.1 Å². The highest BCUT2D eigenvalue weighted by Crippen LogP contribution is 2.23. The summed E-state index contributed by atoms with van der Waals surface area (Å²) in [4.78, 5) is 24.5. The fourth-order valence-electron chi connectivity index (χ4n) is 2.66. The minimum atomic E-state index is -0.722. The third-order valence-corrected chi connectivity index (χ3v) is 3.70. The number of nitro groups is 1. The average Bonchev–Trinajstić information content (AvgIpc) is 2.48. The van der Waals surface area contributed by atoms with E-state index in [2.05, 4.69) is 5.32 Å². The fraction of sp³-hybridized carbons (Fsp3) is 0.500. The smallest absolute Gasteiger partial charge is 0.285 e. The number of rotatable bonds is 4. The Morgan fingerprint density at radius 3 is 2.90 bits per heavy atom. The SMILES string of the molecule is CCN(C(=O)c1ccc(F)cc1[N+](=O)[O-])C1CCCNC1. The lowest BCUT2D eigenvalue weighted by atomic mass is 10.0. The highest BCUT2D eigenvalue weighted by atomic mass is 19.1. The molecule has 1 unspecified atom stereocenters. The van der Waals surface area contributed by atoms with Gasteiger partial charge in [-0.05, 0) is 38.4 Å². The molecular weight excluding hydrogens is 277 g/mol. The summed E-state index contributed by atoms with van der Waals surface area (Å²) < 4.78 is 13.2. The normalized spacial score (nSPS) is 18.3. The van der Waals surface area contributed by atoms with Crippen molar-refractivity contribution in [2.45, 2.75) is 25.8 Å². The Morgan fingerprint density at radius 1 is 1.57 bits per heavy atom. The second-order valence-corrected chi connectivity index (χ2v) is 5.01. The first-order valence-corrected chi connectivity index (χ1v) is 7.00. The van der Waals surface area contributed by atoms with Crippen molar-refractivity contribution < 1.29 is 14.1 Å². The number of likely N-dealkylation sites (N-methyl/N-ethyl adjacent to an activating group) is 1. The molecule has 1 aliphatic rings. The number of nitrogens with zero attached hydrogens (tertiary/aromatic N) is 2. The van der Waals surface area contributed by atoms with Gasteiger partial charge >= 0.3 is 0 Å². The van der Waals surface area contributed by atoms with Crippen LogP contribution in [0.25, 0.3) is 0 Å². The van der Waals surface area contributed by atoms with Crippen LogP contribution in [0.1, 0.15) is 30.1 Å². The van der Waals surface area contributed by atoms with Gasteiger partial charge in [-0.25, -0.2) is 4.39 Å². The Kier molecular flexibility index (Phi) is 4.85. The van der Waals surface area contributed by atoms with E-state index in [-0.39, 0.29) is 11.6 Å². The molecule has 7 heteroatoms. The number of nitro benzene ring substituents is 1. The molecule has 1 saturated heterocycles. The number of carbonyl (C=O) groups excluding carboxylic acids is 1. The number of halogens is 1. The van der Waals surface area contributed by atoms with E-state index in [0.717, 1.165) is 31.5 Å². The van der Waals surface area contributed by atoms with Crippen LogP contribution < -0.4 is 5.32 Å². The molecule has 6 nitrogen and oxygen atoms in total. The molecule has 1 atom stereocenters. The Balaban J connectivity index is 2.31. The molecule has 1 aromatic rings. The predicted molar refractivity (Wildman–Crippen MR) is 75.7 cm³/mol. The van der Waals surface area contributed by atoms with Crippen molar-refractivity contribution in [3.05, 3.63) is 39.7 Å². The minimum absolute atomic E-state index is 0.0147. The molecule has 21 heavy (non-hydrogen) atoms. The number of benzene rings is 1. The molecule has 2 rings (SSSR count). The predicted octanol–water partition coefficient (Wildman–Crippen LogP) is 1.95. The van der Waals surface area contributed by atoms with Gasteiger partial charge in [-0.15, -0.1) is 0 Å². The van der Waals surface area contributed by atoms with E-state index in [4.69, 9.17) is 0 Å². The van der Waals surface area contributed by atoms with Crippen LogP contribution in [0.5, 0.6) is 0 Å². The van der Waals surface area contributed by atoms with Crippen molar-refractivity contribution in [1.82, 2.24) is 10.2 Å². The Labute approximate surface area is 122 Å². The first-order valence-electron chi connectivity index (χ1n) is 7.00. The summed E-state index contributed by atoms with van der Waals surface area (Å²) in [6.07, 6.45) is 1.82. The van der Waals surface area contributed by atoms with Crippen molar-refractivity contribution in [1.29, 1.82) is 0 Å². The van der Waals surface area contributed by atoms with E-state index in [1.165, 1.54) is 6.07 Å². The second-order valence-electron chi connectivity index (χ2n) is 5.01. The van der Waals surface area contributed by atoms with E-state index in [0.29, 0.717) is 13.1 Å². The number of piperidine rings is 1. The lowest BCUT2D eigenvalue weighted by Gasteiger charge is -2.33. The molecule has 0 saturated carbocycles. The van der Waals surface area contributed by atoms with Crippen molar-refractivity contribution >= 4 is 11.6 Å². The van der Waals surface area contributed by atoms with E-state index < -0.39 is 22.3 Å². The van der Waals surface area contributed by atoms with Crippen LogP contribution in [-0.4, -0.2) is 41.4 Å². The van der Waals surface area contributed by atoms with E-state index >= 15 is 0 Å². The first kappa shape index (κ1) is 15.4. The average molecular weight is 295 g/mol. The summed E-state index contributed by atoms with van der Waals surface area (Å²) in [5, 5.41) is 14.2. The van der Waals surface area contributed by atoms with Crippen LogP contribution in [0.15, 0.2) is 18.2 Å². The molecular formula is C14H18FN3O3. The molecule has 1 aromatic carbocycles. The van der Waals surface area contributed by atoms with Gasteiger partial charge < -0.3 is 10.2 Å². The minimum Gasteiger partial charge on any atom is -0.334 e. The maximum atomic E-state index is 13.2. The summed E-state index contributed by atoms with van der Waals surface area (Å²) in [6.45, 7) is 3.88. The molecule has 0 aliphatic carbocycles. The van der Waals surface area contributed by atoms with E-state index in [1.807, 2.05) is 6.92 Å². The van der Waals surface area contributed by atoms with Crippen LogP contribution in [0.2, 0.25) is 0 Å². The molecule has 1 heterocycles. The Hall–Kier alpha value is -2.02. The second kappa shape index (κ2) is 6.62. The maximum absolute atomic E-state index is 13.2. The maximum Gasteiger partial charge on any atom is 0.285 e. The third kappa shape index (κ3) is 3.36. The lowest BCUT2D eigenvalue weighted by molar-refractivity contribution is -0.385. The highest BCUT2D eigenvalue weighted by Gasteiger charge is 2.29. The number of hydrogen-bond donors (Lipinski definition) is 1. The van der Waals surface area contributed by atoms with E-state index in [1.54, 1.807) is 4.90 Å². The highest BCUT2D eigenvalue weighted by molar-refractivity contribution is 5.98. The summed E-state index contributed by atoms with van der Waals surface area (Å²) in [5.74, 6) is -1.14. The van der Waals surface area contributed by atoms with Gasteiger partial charge in [-0.1, -0.05) is 0 Å². The molecule has 1 amide bonds. The molecule has 0 spiro atoms. The monoisotopic (exact) mass is 295 g/mol. The molecule has 114 valence electrons. The van der Waals surface area contributed by atoms with Gasteiger partial charge in [0.15, 0.2) is 0 Å². The number of nitrogens with one attached hydrogen (secondary N) is 1. The molecule has 1 fully saturated rings. The summed E-state index contributed by atoms with van der Waals surface area (Å²) in [6, 6.07) is 3.07. The largest absolute Gasteiger partial charge is 0.334 e. The Bertz CT molecular complexity index is 544. The van der Waals surface area contributed by atoms with Gasteiger partial charge in [0.1, 0.15) is 11.4 Å². The zero-order valence-corrected chi connectivity index (χ0v) is 11.8. The van der Waals surface area contributed by atoms with Crippen molar-refractivity contribution in [3.8, 4) is 0 Å². The Morgan fingerprint density at radius 2 is 2.33 bits per heavy atom. The summed E-state index contributed by atoms with van der Waals surface area (Å²) >= 11 is 0. The third-order valence-electron chi connectivity index (χ3n) is 3.70. The zero-order chi connectivity index (χ0) is 15.4. The summed E-state index contributed by atoms with van der Waals surface area (Å²) in [5.41, 5.74) is -0.545. The van der Waals surface area contributed by atoms with Gasteiger partial charge in [-0.2, -0.15) is 0 Å².